The van der Waals surface area contributed by atoms with E-state index in [1.54, 1.807) is 36.2 Å². The number of rotatable bonds is 15. The summed E-state index contributed by atoms with van der Waals surface area (Å²) in [5, 5.41) is 36.0. The molecule has 0 radical (unpaired) electrons. The van der Waals surface area contributed by atoms with E-state index < -0.39 is 12.2 Å². The standard InChI is InChI=1S/C38H40N4O7/c1-42(20-5-4-19-39-23-34(44)31-15-17-33(43)36-32(31)16-18-35(45)41-36)37(46)26-13-11-25(12-14-26)24-49-29-9-6-8-27(21-29)30-10-3-2-7-28(30)22-40-38(47)48/h2-3,6-18,21,34,39-40,43-44H,4-5,19-20,22-24H2,1H3,(H,41,45)(H,47,48)/t34-/m0/s1. The van der Waals surface area contributed by atoms with E-state index in [4.69, 9.17) is 9.84 Å². The van der Waals surface area contributed by atoms with Crippen LogP contribution in [0, 0.1) is 0 Å². The molecule has 0 aliphatic carbocycles. The zero-order chi connectivity index (χ0) is 34.8. The van der Waals surface area contributed by atoms with Gasteiger partial charge in [-0.1, -0.05) is 54.6 Å². The van der Waals surface area contributed by atoms with Crippen LogP contribution in [0.2, 0.25) is 0 Å². The fourth-order valence-corrected chi connectivity index (χ4v) is 5.61. The summed E-state index contributed by atoms with van der Waals surface area (Å²) in [6, 6.07) is 28.7. The van der Waals surface area contributed by atoms with E-state index in [2.05, 4.69) is 15.6 Å². The number of amides is 2. The summed E-state index contributed by atoms with van der Waals surface area (Å²) in [7, 11) is 1.78. The van der Waals surface area contributed by atoms with Gasteiger partial charge >= 0.3 is 6.09 Å². The first kappa shape index (κ1) is 34.7. The molecule has 6 N–H and O–H groups in total. The highest BCUT2D eigenvalue weighted by atomic mass is 16.5. The third-order valence-corrected chi connectivity index (χ3v) is 8.25. The zero-order valence-electron chi connectivity index (χ0n) is 27.2. The van der Waals surface area contributed by atoms with E-state index >= 15 is 0 Å². The molecule has 49 heavy (non-hydrogen) atoms. The van der Waals surface area contributed by atoms with E-state index in [0.29, 0.717) is 54.0 Å². The van der Waals surface area contributed by atoms with Crippen molar-refractivity contribution < 1.29 is 29.6 Å². The molecule has 0 aliphatic heterocycles. The summed E-state index contributed by atoms with van der Waals surface area (Å²) in [5.41, 5.74) is 4.78. The highest BCUT2D eigenvalue weighted by Gasteiger charge is 2.15. The largest absolute Gasteiger partial charge is 0.506 e. The van der Waals surface area contributed by atoms with Crippen LogP contribution >= 0.6 is 0 Å². The number of aliphatic hydroxyl groups is 1. The number of hydrogen-bond acceptors (Lipinski definition) is 7. The topological polar surface area (TPSA) is 164 Å². The molecule has 0 spiro atoms. The molecule has 0 fully saturated rings. The van der Waals surface area contributed by atoms with E-state index in [1.165, 1.54) is 12.1 Å². The number of pyridine rings is 1. The van der Waals surface area contributed by atoms with Gasteiger partial charge in [-0.05, 0) is 83.6 Å². The summed E-state index contributed by atoms with van der Waals surface area (Å²) >= 11 is 0. The molecule has 2 amide bonds. The number of phenolic OH excluding ortho intramolecular Hbond substituents is 1. The Morgan fingerprint density at radius 3 is 2.53 bits per heavy atom. The number of fused-ring (bicyclic) bond motifs is 1. The first-order valence-corrected chi connectivity index (χ1v) is 16.1. The van der Waals surface area contributed by atoms with Crippen LogP contribution in [0.3, 0.4) is 0 Å². The van der Waals surface area contributed by atoms with Crippen LogP contribution < -0.4 is 20.9 Å². The molecule has 0 saturated carbocycles. The molecule has 5 rings (SSSR count). The van der Waals surface area contributed by atoms with Gasteiger partial charge in [0.05, 0.1) is 11.6 Å². The van der Waals surface area contributed by atoms with E-state index in [9.17, 15) is 24.6 Å². The Morgan fingerprint density at radius 2 is 1.73 bits per heavy atom. The summed E-state index contributed by atoms with van der Waals surface area (Å²) < 4.78 is 6.04. The van der Waals surface area contributed by atoms with Crippen LogP contribution in [-0.4, -0.2) is 63.9 Å². The van der Waals surface area contributed by atoms with Crippen LogP contribution in [0.5, 0.6) is 11.5 Å². The number of H-pyrrole nitrogens is 1. The number of aromatic nitrogens is 1. The van der Waals surface area contributed by atoms with Crippen molar-refractivity contribution in [2.24, 2.45) is 0 Å². The van der Waals surface area contributed by atoms with Crippen molar-refractivity contribution in [2.45, 2.75) is 32.1 Å². The Hall–Kier alpha value is -5.65. The Labute approximate surface area is 283 Å². The number of nitrogens with one attached hydrogen (secondary N) is 3. The molecule has 0 bridgehead atoms. The number of unbranched alkanes of at least 4 members (excludes halogenated alkanes) is 1. The second-order valence-corrected chi connectivity index (χ2v) is 11.8. The molecule has 1 heterocycles. The lowest BCUT2D eigenvalue weighted by atomic mass is 9.99. The number of carboxylic acid groups (broad SMARTS) is 1. The van der Waals surface area contributed by atoms with E-state index in [1.807, 2.05) is 60.7 Å². The number of nitrogens with zero attached hydrogens (tertiary/aromatic N) is 1. The van der Waals surface area contributed by atoms with Crippen molar-refractivity contribution in [3.05, 3.63) is 130 Å². The zero-order valence-corrected chi connectivity index (χ0v) is 27.2. The Kier molecular flexibility index (Phi) is 11.6. The number of aliphatic hydroxyl groups excluding tert-OH is 1. The van der Waals surface area contributed by atoms with Gasteiger partial charge in [-0.25, -0.2) is 4.79 Å². The predicted molar refractivity (Wildman–Crippen MR) is 188 cm³/mol. The van der Waals surface area contributed by atoms with Crippen molar-refractivity contribution in [3.63, 3.8) is 0 Å². The summed E-state index contributed by atoms with van der Waals surface area (Å²) in [6.45, 7) is 2.05. The monoisotopic (exact) mass is 664 g/mol. The number of benzene rings is 4. The maximum Gasteiger partial charge on any atom is 0.404 e. The number of aromatic hydroxyl groups is 1. The highest BCUT2D eigenvalue weighted by molar-refractivity contribution is 5.94. The van der Waals surface area contributed by atoms with Gasteiger partial charge in [0.2, 0.25) is 5.56 Å². The van der Waals surface area contributed by atoms with Gasteiger partial charge in [0.1, 0.15) is 18.1 Å². The van der Waals surface area contributed by atoms with Crippen molar-refractivity contribution in [1.82, 2.24) is 20.5 Å². The molecule has 5 aromatic rings. The maximum absolute atomic E-state index is 13.0. The third kappa shape index (κ3) is 9.25. The van der Waals surface area contributed by atoms with Crippen LogP contribution in [0.25, 0.3) is 22.0 Å². The van der Waals surface area contributed by atoms with Crippen molar-refractivity contribution in [3.8, 4) is 22.6 Å². The molecular weight excluding hydrogens is 624 g/mol. The number of carbonyl (C=O) groups excluding carboxylic acids is 1. The summed E-state index contributed by atoms with van der Waals surface area (Å²) in [4.78, 5) is 39.9. The SMILES string of the molecule is CN(CCCCNC[C@H](O)c1ccc(O)c2[nH]c(=O)ccc12)C(=O)c1ccc(COc2cccc(-c3ccccc3CNC(=O)O)c2)cc1. The number of phenols is 1. The number of hydrogen-bond donors (Lipinski definition) is 6. The lowest BCUT2D eigenvalue weighted by Gasteiger charge is -2.18. The molecular formula is C38H40N4O7. The lowest BCUT2D eigenvalue weighted by Crippen LogP contribution is -2.29. The minimum Gasteiger partial charge on any atom is -0.506 e. The molecule has 254 valence electrons. The summed E-state index contributed by atoms with van der Waals surface area (Å²) in [5.74, 6) is 0.554. The van der Waals surface area contributed by atoms with Crippen molar-refractivity contribution in [2.75, 3.05) is 26.7 Å². The first-order chi connectivity index (χ1) is 23.7. The molecule has 11 heteroatoms. The van der Waals surface area contributed by atoms with Gasteiger partial charge < -0.3 is 40.6 Å². The molecule has 1 atom stereocenters. The molecule has 0 saturated heterocycles. The Balaban J connectivity index is 1.05. The lowest BCUT2D eigenvalue weighted by molar-refractivity contribution is 0.0792. The average molecular weight is 665 g/mol. The van der Waals surface area contributed by atoms with Crippen LogP contribution in [0.1, 0.15) is 46.0 Å². The number of ether oxygens (including phenoxy) is 1. The van der Waals surface area contributed by atoms with Crippen molar-refractivity contribution >= 4 is 22.9 Å². The van der Waals surface area contributed by atoms with Gasteiger partial charge in [-0.3, -0.25) is 9.59 Å². The van der Waals surface area contributed by atoms with Gasteiger partial charge in [0, 0.05) is 43.7 Å². The second-order valence-electron chi connectivity index (χ2n) is 11.8. The molecule has 0 unspecified atom stereocenters. The van der Waals surface area contributed by atoms with Gasteiger partial charge in [0.15, 0.2) is 0 Å². The maximum atomic E-state index is 13.0. The fourth-order valence-electron chi connectivity index (χ4n) is 5.61. The number of carbonyl (C=O) groups is 2. The van der Waals surface area contributed by atoms with Gasteiger partial charge in [-0.15, -0.1) is 0 Å². The van der Waals surface area contributed by atoms with E-state index in [-0.39, 0.29) is 23.8 Å². The first-order valence-electron chi connectivity index (χ1n) is 16.1. The minimum atomic E-state index is -1.08. The normalized spacial score (nSPS) is 11.6. The number of aromatic amines is 1. The van der Waals surface area contributed by atoms with Gasteiger partial charge in [-0.2, -0.15) is 0 Å². The smallest absolute Gasteiger partial charge is 0.404 e. The molecule has 4 aromatic carbocycles. The fraction of sp³-hybridized carbons (Fsp3) is 0.237. The molecule has 11 nitrogen and oxygen atoms in total. The third-order valence-electron chi connectivity index (χ3n) is 8.25. The molecule has 1 aromatic heterocycles. The van der Waals surface area contributed by atoms with Crippen LogP contribution in [0.15, 0.2) is 102 Å². The van der Waals surface area contributed by atoms with E-state index in [0.717, 1.165) is 35.1 Å². The highest BCUT2D eigenvalue weighted by Crippen LogP contribution is 2.29. The Bertz CT molecular complexity index is 1960. The average Bonchev–Trinajstić information content (AvgIpc) is 3.11. The van der Waals surface area contributed by atoms with Crippen LogP contribution in [-0.2, 0) is 13.2 Å². The summed E-state index contributed by atoms with van der Waals surface area (Å²) in [6.07, 6.45) is -0.321. The molecule has 0 aliphatic rings. The minimum absolute atomic E-state index is 0.0487. The predicted octanol–water partition coefficient (Wildman–Crippen LogP) is 5.42. The van der Waals surface area contributed by atoms with Gasteiger partial charge in [0.25, 0.3) is 5.91 Å². The second kappa shape index (κ2) is 16.4. The quantitative estimate of drug-likeness (QED) is 0.0808. The van der Waals surface area contributed by atoms with Crippen molar-refractivity contribution in [1.29, 1.82) is 0 Å². The Morgan fingerprint density at radius 1 is 0.939 bits per heavy atom. The van der Waals surface area contributed by atoms with Crippen LogP contribution in [0.4, 0.5) is 4.79 Å².